The molecule has 2 amide bonds. The first-order valence-electron chi connectivity index (χ1n) is 7.90. The molecule has 1 aliphatic carbocycles. The molecule has 2 aliphatic rings. The molecule has 0 unspecified atom stereocenters. The highest BCUT2D eigenvalue weighted by molar-refractivity contribution is 6.30. The van der Waals surface area contributed by atoms with Crippen molar-refractivity contribution in [2.45, 2.75) is 32.6 Å². The normalized spacial score (nSPS) is 21.5. The number of nitrogens with zero attached hydrogens (tertiary/aromatic N) is 1. The molecule has 2 fully saturated rings. The van der Waals surface area contributed by atoms with Gasteiger partial charge in [0, 0.05) is 29.7 Å². The molecule has 22 heavy (non-hydrogen) atoms. The summed E-state index contributed by atoms with van der Waals surface area (Å²) in [5, 5.41) is 3.64. The molecule has 3 rings (SSSR count). The maximum Gasteiger partial charge on any atom is 0.229 e. The van der Waals surface area contributed by atoms with Gasteiger partial charge >= 0.3 is 0 Å². The molecule has 1 saturated carbocycles. The Balaban J connectivity index is 1.62. The molecule has 0 radical (unpaired) electrons. The van der Waals surface area contributed by atoms with Gasteiger partial charge in [-0.1, -0.05) is 11.6 Å². The van der Waals surface area contributed by atoms with E-state index in [0.717, 1.165) is 43.5 Å². The average Bonchev–Trinajstić information content (AvgIpc) is 3.34. The molecule has 1 heterocycles. The minimum Gasteiger partial charge on any atom is -0.342 e. The van der Waals surface area contributed by atoms with Gasteiger partial charge < -0.3 is 10.2 Å². The Kier molecular flexibility index (Phi) is 4.39. The van der Waals surface area contributed by atoms with Crippen LogP contribution in [0.2, 0.25) is 5.02 Å². The highest BCUT2D eigenvalue weighted by Crippen LogP contribution is 2.32. The van der Waals surface area contributed by atoms with Gasteiger partial charge in [0.2, 0.25) is 11.8 Å². The number of hydrogen-bond donors (Lipinski definition) is 1. The lowest BCUT2D eigenvalue weighted by Gasteiger charge is -2.32. The largest absolute Gasteiger partial charge is 0.342 e. The lowest BCUT2D eigenvalue weighted by atomic mass is 9.96. The second-order valence-electron chi connectivity index (χ2n) is 6.35. The number of hydrogen-bond acceptors (Lipinski definition) is 2. The third kappa shape index (κ3) is 3.43. The van der Waals surface area contributed by atoms with E-state index in [0.29, 0.717) is 11.6 Å². The van der Waals surface area contributed by atoms with Crippen LogP contribution >= 0.6 is 11.6 Å². The van der Waals surface area contributed by atoms with Gasteiger partial charge in [0.15, 0.2) is 0 Å². The zero-order valence-electron chi connectivity index (χ0n) is 12.8. The summed E-state index contributed by atoms with van der Waals surface area (Å²) in [6.07, 6.45) is 3.76. The Hall–Kier alpha value is -1.55. The highest BCUT2D eigenvalue weighted by atomic mass is 35.5. The smallest absolute Gasteiger partial charge is 0.229 e. The molecule has 0 aromatic heterocycles. The number of aryl methyl sites for hydroxylation is 1. The van der Waals surface area contributed by atoms with Crippen LogP contribution in [0.15, 0.2) is 18.2 Å². The molecular weight excluding hydrogens is 300 g/mol. The molecule has 118 valence electrons. The van der Waals surface area contributed by atoms with Gasteiger partial charge in [0.05, 0.1) is 5.92 Å². The van der Waals surface area contributed by atoms with Gasteiger partial charge in [-0.2, -0.15) is 0 Å². The highest BCUT2D eigenvalue weighted by Gasteiger charge is 2.36. The zero-order valence-corrected chi connectivity index (χ0v) is 13.5. The molecule has 0 spiro atoms. The number of piperidine rings is 1. The first kappa shape index (κ1) is 15.3. The first-order valence-corrected chi connectivity index (χ1v) is 8.28. The summed E-state index contributed by atoms with van der Waals surface area (Å²) in [5.74, 6) is 0.339. The maximum absolute atomic E-state index is 12.5. The Morgan fingerprint density at radius 2 is 2.00 bits per heavy atom. The van der Waals surface area contributed by atoms with E-state index in [9.17, 15) is 9.59 Å². The van der Waals surface area contributed by atoms with E-state index in [2.05, 4.69) is 5.32 Å². The van der Waals surface area contributed by atoms with Crippen molar-refractivity contribution in [1.29, 1.82) is 0 Å². The zero-order chi connectivity index (χ0) is 15.7. The summed E-state index contributed by atoms with van der Waals surface area (Å²) in [7, 11) is 0. The standard InChI is InChI=1S/C17H21ClN2O2/c1-11-9-14(18)6-7-15(11)19-16(21)13-3-2-8-20(10-13)17(22)12-4-5-12/h6-7,9,12-13H,2-5,8,10H2,1H3,(H,19,21)/t13-/m1/s1. The van der Waals surface area contributed by atoms with Gasteiger partial charge in [-0.3, -0.25) is 9.59 Å². The van der Waals surface area contributed by atoms with Crippen LogP contribution < -0.4 is 5.32 Å². The number of benzene rings is 1. The van der Waals surface area contributed by atoms with E-state index in [1.165, 1.54) is 0 Å². The molecular formula is C17H21ClN2O2. The third-order valence-electron chi connectivity index (χ3n) is 4.48. The van der Waals surface area contributed by atoms with Crippen LogP contribution in [-0.2, 0) is 9.59 Å². The van der Waals surface area contributed by atoms with Crippen molar-refractivity contribution in [3.8, 4) is 0 Å². The number of nitrogens with one attached hydrogen (secondary N) is 1. The number of carbonyl (C=O) groups excluding carboxylic acids is 2. The Bertz CT molecular complexity index is 598. The van der Waals surface area contributed by atoms with Crippen molar-refractivity contribution in [3.05, 3.63) is 28.8 Å². The number of halogens is 1. The minimum atomic E-state index is -0.119. The monoisotopic (exact) mass is 320 g/mol. The predicted molar refractivity (Wildman–Crippen MR) is 86.8 cm³/mol. The van der Waals surface area contributed by atoms with E-state index in [1.807, 2.05) is 24.0 Å². The SMILES string of the molecule is Cc1cc(Cl)ccc1NC(=O)[C@@H]1CCCN(C(=O)C2CC2)C1. The summed E-state index contributed by atoms with van der Waals surface area (Å²) < 4.78 is 0. The van der Waals surface area contributed by atoms with Crippen molar-refractivity contribution in [3.63, 3.8) is 0 Å². The molecule has 1 aromatic carbocycles. The van der Waals surface area contributed by atoms with E-state index >= 15 is 0 Å². The maximum atomic E-state index is 12.5. The Morgan fingerprint density at radius 3 is 2.68 bits per heavy atom. The molecule has 1 aromatic rings. The van der Waals surface area contributed by atoms with E-state index in [1.54, 1.807) is 6.07 Å². The molecule has 5 heteroatoms. The topological polar surface area (TPSA) is 49.4 Å². The van der Waals surface area contributed by atoms with Crippen molar-refractivity contribution in [2.24, 2.45) is 11.8 Å². The van der Waals surface area contributed by atoms with Gasteiger partial charge in [-0.25, -0.2) is 0 Å². The van der Waals surface area contributed by atoms with Crippen LogP contribution in [-0.4, -0.2) is 29.8 Å². The van der Waals surface area contributed by atoms with Crippen molar-refractivity contribution in [1.82, 2.24) is 4.90 Å². The third-order valence-corrected chi connectivity index (χ3v) is 4.71. The molecule has 4 nitrogen and oxygen atoms in total. The second kappa shape index (κ2) is 6.29. The van der Waals surface area contributed by atoms with Crippen molar-refractivity contribution in [2.75, 3.05) is 18.4 Å². The molecule has 1 atom stereocenters. The van der Waals surface area contributed by atoms with Crippen molar-refractivity contribution >= 4 is 29.1 Å². The molecule has 1 aliphatic heterocycles. The molecule has 1 N–H and O–H groups in total. The lowest BCUT2D eigenvalue weighted by Crippen LogP contribution is -2.44. The minimum absolute atomic E-state index is 0.00119. The average molecular weight is 321 g/mol. The van der Waals surface area contributed by atoms with E-state index in [4.69, 9.17) is 11.6 Å². The van der Waals surface area contributed by atoms with Crippen LogP contribution in [0, 0.1) is 18.8 Å². The number of likely N-dealkylation sites (tertiary alicyclic amines) is 1. The van der Waals surface area contributed by atoms with Crippen LogP contribution in [0.25, 0.3) is 0 Å². The Labute approximate surface area is 135 Å². The summed E-state index contributed by atoms with van der Waals surface area (Å²) in [6.45, 7) is 3.26. The van der Waals surface area contributed by atoms with Gasteiger partial charge in [-0.05, 0) is 56.4 Å². The van der Waals surface area contributed by atoms with Gasteiger partial charge in [-0.15, -0.1) is 0 Å². The van der Waals surface area contributed by atoms with Crippen LogP contribution in [0.3, 0.4) is 0 Å². The fourth-order valence-electron chi connectivity index (χ4n) is 2.98. The summed E-state index contributed by atoms with van der Waals surface area (Å²) >= 11 is 5.93. The Morgan fingerprint density at radius 1 is 1.23 bits per heavy atom. The quantitative estimate of drug-likeness (QED) is 0.929. The number of anilines is 1. The first-order chi connectivity index (χ1) is 10.5. The van der Waals surface area contributed by atoms with Gasteiger partial charge in [0.1, 0.15) is 0 Å². The number of rotatable bonds is 3. The summed E-state index contributed by atoms with van der Waals surface area (Å²) in [4.78, 5) is 26.5. The van der Waals surface area contributed by atoms with Crippen molar-refractivity contribution < 1.29 is 9.59 Å². The summed E-state index contributed by atoms with van der Waals surface area (Å²) in [6, 6.07) is 5.43. The molecule has 1 saturated heterocycles. The van der Waals surface area contributed by atoms with Crippen LogP contribution in [0.4, 0.5) is 5.69 Å². The van der Waals surface area contributed by atoms with E-state index < -0.39 is 0 Å². The van der Waals surface area contributed by atoms with Gasteiger partial charge in [0.25, 0.3) is 0 Å². The fraction of sp³-hybridized carbons (Fsp3) is 0.529. The van der Waals surface area contributed by atoms with E-state index in [-0.39, 0.29) is 23.7 Å². The lowest BCUT2D eigenvalue weighted by molar-refractivity contribution is -0.135. The predicted octanol–water partition coefficient (Wildman–Crippen LogP) is 3.24. The number of amides is 2. The summed E-state index contributed by atoms with van der Waals surface area (Å²) in [5.41, 5.74) is 1.74. The van der Waals surface area contributed by atoms with Crippen LogP contribution in [0.5, 0.6) is 0 Å². The number of carbonyl (C=O) groups is 2. The molecule has 0 bridgehead atoms. The fourth-order valence-corrected chi connectivity index (χ4v) is 3.21. The second-order valence-corrected chi connectivity index (χ2v) is 6.78. The van der Waals surface area contributed by atoms with Crippen LogP contribution in [0.1, 0.15) is 31.2 Å².